The SMILES string of the molecule is CC(=O)NC1C(O)[C@@H](O)C(CO)O[C@H]1OCCCCCCNC(=O)CNC(=O)CC(NC(O)CC(NCC=O)C(=O)NCC(=O)NCCCCCCO[C@@H]1OC(CO)[C@H](O)C(O)C1NC(C)=O)C(=O)NCC(=O)NCCCCCCO[C@@H]1OC(CO)[C@H](O)C(O)C1NC(C)=O. The van der Waals surface area contributed by atoms with Gasteiger partial charge in [0.25, 0.3) is 0 Å². The Labute approximate surface area is 550 Å². The fraction of sp³-hybridized carbons (Fsp3) is 0.828. The monoisotopic (exact) mass is 1370 g/mol. The van der Waals surface area contributed by atoms with Gasteiger partial charge in [-0.2, -0.15) is 0 Å². The van der Waals surface area contributed by atoms with E-state index in [-0.39, 0.29) is 46.0 Å². The van der Waals surface area contributed by atoms with E-state index in [9.17, 15) is 99.0 Å². The van der Waals surface area contributed by atoms with Crippen molar-refractivity contribution in [3.63, 3.8) is 0 Å². The van der Waals surface area contributed by atoms with E-state index in [0.717, 1.165) is 0 Å². The molecule has 3 fully saturated rings. The average Bonchev–Trinajstić information content (AvgIpc) is 0.829. The molecule has 3 aliphatic rings. The van der Waals surface area contributed by atoms with Crippen molar-refractivity contribution in [1.82, 2.24) is 58.5 Å². The van der Waals surface area contributed by atoms with Crippen molar-refractivity contribution in [3.05, 3.63) is 0 Å². The Hall–Kier alpha value is -5.82. The fourth-order valence-electron chi connectivity index (χ4n) is 10.3. The maximum atomic E-state index is 13.6. The minimum atomic E-state index is -1.75. The molecule has 0 aromatic carbocycles. The van der Waals surface area contributed by atoms with Crippen molar-refractivity contribution in [2.24, 2.45) is 0 Å². The molecule has 21 N–H and O–H groups in total. The van der Waals surface area contributed by atoms with Crippen LogP contribution in [0.1, 0.15) is 111 Å². The number of aliphatic hydroxyl groups is 10. The molecule has 0 spiro atoms. The lowest BCUT2D eigenvalue weighted by atomic mass is 9.97. The van der Waals surface area contributed by atoms with Crippen molar-refractivity contribution in [2.75, 3.05) is 85.5 Å². The first-order valence-electron chi connectivity index (χ1n) is 32.1. The normalized spacial score (nSPS) is 26.7. The van der Waals surface area contributed by atoms with Gasteiger partial charge in [0, 0.05) is 66.6 Å². The summed E-state index contributed by atoms with van der Waals surface area (Å²) in [6, 6.07) is -6.18. The minimum Gasteiger partial charge on any atom is -0.394 e. The molecular weight excluding hydrogens is 1270 g/mol. The topological polar surface area (TPSA) is 561 Å². The summed E-state index contributed by atoms with van der Waals surface area (Å²) in [5.41, 5.74) is 0. The molecule has 3 saturated heterocycles. The van der Waals surface area contributed by atoms with Crippen LogP contribution in [0.15, 0.2) is 0 Å². The van der Waals surface area contributed by atoms with Gasteiger partial charge >= 0.3 is 0 Å². The van der Waals surface area contributed by atoms with Gasteiger partial charge in [-0.05, 0) is 38.5 Å². The second kappa shape index (κ2) is 46.4. The highest BCUT2D eigenvalue weighted by molar-refractivity contribution is 5.92. The van der Waals surface area contributed by atoms with Crippen LogP contribution >= 0.6 is 0 Å². The minimum absolute atomic E-state index is 0.126. The highest BCUT2D eigenvalue weighted by atomic mass is 16.7. The van der Waals surface area contributed by atoms with Crippen LogP contribution in [0.4, 0.5) is 0 Å². The first-order valence-corrected chi connectivity index (χ1v) is 32.1. The van der Waals surface area contributed by atoms with Crippen LogP contribution in [0.5, 0.6) is 0 Å². The molecule has 9 amide bonds. The largest absolute Gasteiger partial charge is 0.394 e. The van der Waals surface area contributed by atoms with Gasteiger partial charge in [-0.3, -0.25) is 53.8 Å². The van der Waals surface area contributed by atoms with Gasteiger partial charge in [0.1, 0.15) is 85.6 Å². The third-order valence-electron chi connectivity index (χ3n) is 15.4. The van der Waals surface area contributed by atoms with Crippen molar-refractivity contribution < 1.29 is 127 Å². The maximum Gasteiger partial charge on any atom is 0.239 e. The molecule has 3 rings (SSSR count). The number of ether oxygens (including phenoxy) is 6. The van der Waals surface area contributed by atoms with Crippen LogP contribution in [0.2, 0.25) is 0 Å². The molecule has 0 saturated carbocycles. The lowest BCUT2D eigenvalue weighted by molar-refractivity contribution is -0.270. The molecule has 0 aromatic heterocycles. The number of carbonyl (C=O) groups excluding carboxylic acids is 10. The van der Waals surface area contributed by atoms with Gasteiger partial charge in [0.05, 0.1) is 64.5 Å². The Morgan fingerprint density at radius 3 is 1.08 bits per heavy atom. The van der Waals surface area contributed by atoms with E-state index >= 15 is 0 Å². The fourth-order valence-corrected chi connectivity index (χ4v) is 10.3. The van der Waals surface area contributed by atoms with Crippen molar-refractivity contribution in [1.29, 1.82) is 0 Å². The van der Waals surface area contributed by atoms with E-state index in [2.05, 4.69) is 58.5 Å². The molecule has 0 aliphatic carbocycles. The van der Waals surface area contributed by atoms with Crippen LogP contribution in [-0.4, -0.2) is 306 Å². The third-order valence-corrected chi connectivity index (χ3v) is 15.4. The molecule has 37 heteroatoms. The maximum absolute atomic E-state index is 13.6. The van der Waals surface area contributed by atoms with Gasteiger partial charge in [-0.15, -0.1) is 0 Å². The molecule has 3 heterocycles. The molecule has 3 aliphatic heterocycles. The van der Waals surface area contributed by atoms with Gasteiger partial charge in [0.15, 0.2) is 18.9 Å². The van der Waals surface area contributed by atoms with Crippen LogP contribution in [0, 0.1) is 0 Å². The number of unbranched alkanes of at least 4 members (excludes halogenated alkanes) is 9. The van der Waals surface area contributed by atoms with Crippen LogP contribution < -0.4 is 58.5 Å². The summed E-state index contributed by atoms with van der Waals surface area (Å²) >= 11 is 0. The Bertz CT molecular complexity index is 2340. The van der Waals surface area contributed by atoms with E-state index in [1.807, 2.05) is 0 Å². The molecule has 0 radical (unpaired) electrons. The van der Waals surface area contributed by atoms with Crippen LogP contribution in [0.25, 0.3) is 0 Å². The first kappa shape index (κ1) is 83.4. The standard InChI is InChI=1S/C58H103N11O26/c1-32(74)66-45-51(85)48(82)37(29-71)93-56(45)90-21-13-7-4-10-16-60-42(79)26-63-40(77)25-36(55(89)65-28-44(81)62-18-12-6-9-15-23-92-58-47(68-34(3)76)53(87)50(84)39(31-73)95-58)69-41(78)24-35(59-19-20-70)54(88)64-27-43(80)61-17-11-5-8-14-22-91-57-46(67-33(2)75)52(86)49(83)38(30-72)94-57/h20,35-39,41,45-53,56-59,69,71-73,78,82-87H,4-19,21-31H2,1-3H3,(H,60,79)(H,61,80)(H,62,81)(H,63,77)(H,64,88)(H,65,89)(H,66,74)(H,67,75)(H,68,76)/t35?,36?,37?,38?,39?,41?,45?,46?,47?,48-,49-,50-,51?,52?,53?,56+,57+,58+/m0/s1. The zero-order valence-electron chi connectivity index (χ0n) is 54.1. The van der Waals surface area contributed by atoms with Gasteiger partial charge in [0.2, 0.25) is 53.2 Å². The van der Waals surface area contributed by atoms with Crippen LogP contribution in [-0.2, 0) is 76.4 Å². The predicted octanol–water partition coefficient (Wildman–Crippen LogP) is -9.54. The molecule has 18 atom stereocenters. The van der Waals surface area contributed by atoms with Crippen LogP contribution in [0.3, 0.4) is 0 Å². The second-order valence-electron chi connectivity index (χ2n) is 23.2. The Kier molecular flexibility index (Phi) is 40.7. The lowest BCUT2D eigenvalue weighted by Crippen LogP contribution is -2.64. The summed E-state index contributed by atoms with van der Waals surface area (Å²) in [6.07, 6.45) is -11.3. The number of hydrogen-bond donors (Lipinski definition) is 21. The van der Waals surface area contributed by atoms with Gasteiger partial charge < -0.3 is 132 Å². The second-order valence-corrected chi connectivity index (χ2v) is 23.2. The molecular formula is C58H103N11O26. The molecule has 0 aromatic rings. The Morgan fingerprint density at radius 1 is 0.432 bits per heavy atom. The smallest absolute Gasteiger partial charge is 0.239 e. The lowest BCUT2D eigenvalue weighted by Gasteiger charge is -2.42. The first-order chi connectivity index (χ1) is 45.3. The molecule has 546 valence electrons. The number of carbonyl (C=O) groups is 10. The Morgan fingerprint density at radius 2 is 0.758 bits per heavy atom. The zero-order valence-corrected chi connectivity index (χ0v) is 54.1. The van der Waals surface area contributed by atoms with Crippen molar-refractivity contribution >= 4 is 59.5 Å². The summed E-state index contributed by atoms with van der Waals surface area (Å²) in [5, 5.41) is 130. The number of hydrogen-bond acceptors (Lipinski definition) is 28. The summed E-state index contributed by atoms with van der Waals surface area (Å²) < 4.78 is 33.8. The highest BCUT2D eigenvalue weighted by Crippen LogP contribution is 2.25. The average molecular weight is 1370 g/mol. The van der Waals surface area contributed by atoms with Gasteiger partial charge in [-0.1, -0.05) is 38.5 Å². The number of nitrogens with one attached hydrogen (secondary N) is 11. The molecule has 12 unspecified atom stereocenters. The summed E-state index contributed by atoms with van der Waals surface area (Å²) in [4.78, 5) is 125. The highest BCUT2D eigenvalue weighted by Gasteiger charge is 2.48. The van der Waals surface area contributed by atoms with E-state index in [4.69, 9.17) is 28.4 Å². The molecule has 0 bridgehead atoms. The summed E-state index contributed by atoms with van der Waals surface area (Å²) in [5.74, 6) is -5.87. The van der Waals surface area contributed by atoms with E-state index < -0.39 is 216 Å². The van der Waals surface area contributed by atoms with E-state index in [1.54, 1.807) is 0 Å². The van der Waals surface area contributed by atoms with Crippen molar-refractivity contribution in [3.8, 4) is 0 Å². The summed E-state index contributed by atoms with van der Waals surface area (Å²) in [6.45, 7) is 0.921. The third kappa shape index (κ3) is 31.5. The number of aliphatic hydroxyl groups excluding tert-OH is 10. The molecule has 95 heavy (non-hydrogen) atoms. The quantitative estimate of drug-likeness (QED) is 0.0153. The van der Waals surface area contributed by atoms with Crippen molar-refractivity contribution in [2.45, 2.75) is 221 Å². The number of amides is 9. The predicted molar refractivity (Wildman–Crippen MR) is 327 cm³/mol. The van der Waals surface area contributed by atoms with Gasteiger partial charge in [-0.25, -0.2) is 0 Å². The van der Waals surface area contributed by atoms with E-state index in [1.165, 1.54) is 20.8 Å². The molecule has 37 nitrogen and oxygen atoms in total. The zero-order chi connectivity index (χ0) is 70.4. The number of rotatable bonds is 47. The Balaban J connectivity index is 1.49. The van der Waals surface area contributed by atoms with E-state index in [0.29, 0.717) is 83.3 Å². The number of aldehydes is 1. The summed E-state index contributed by atoms with van der Waals surface area (Å²) in [7, 11) is 0.